The van der Waals surface area contributed by atoms with E-state index in [9.17, 15) is 4.79 Å². The molecule has 0 spiro atoms. The number of halogens is 1. The van der Waals surface area contributed by atoms with E-state index in [2.05, 4.69) is 87.2 Å². The highest BCUT2D eigenvalue weighted by molar-refractivity contribution is 6.82. The monoisotopic (exact) mass is 509 g/mol. The summed E-state index contributed by atoms with van der Waals surface area (Å²) in [7, 11) is -1.99. The summed E-state index contributed by atoms with van der Waals surface area (Å²) in [5.74, 6) is 0.130. The second-order valence-electron chi connectivity index (χ2n) is 11.2. The van der Waals surface area contributed by atoms with Crippen LogP contribution < -0.4 is 0 Å². The van der Waals surface area contributed by atoms with Crippen LogP contribution in [0.4, 0.5) is 0 Å². The number of likely N-dealkylation sites (tertiary alicyclic amines) is 1. The third-order valence-electron chi connectivity index (χ3n) is 8.23. The Morgan fingerprint density at radius 2 is 1.71 bits per heavy atom. The predicted octanol–water partition coefficient (Wildman–Crippen LogP) is 7.81. The number of carbonyl (C=O) groups is 1. The summed E-state index contributed by atoms with van der Waals surface area (Å²) < 4.78 is 2.47. The molecule has 1 atom stereocenters. The van der Waals surface area contributed by atoms with Gasteiger partial charge in [0.25, 0.3) is 0 Å². The van der Waals surface area contributed by atoms with Gasteiger partial charge in [0.05, 0.1) is 5.02 Å². The first-order valence-electron chi connectivity index (χ1n) is 13.1. The molecule has 0 N–H and O–H groups in total. The minimum atomic E-state index is -1.99. The van der Waals surface area contributed by atoms with Gasteiger partial charge in [0.1, 0.15) is 5.65 Å². The molecule has 4 nitrogen and oxygen atoms in total. The molecule has 3 aromatic rings. The zero-order valence-electron chi connectivity index (χ0n) is 22.1. The first-order valence-corrected chi connectivity index (χ1v) is 15.7. The van der Waals surface area contributed by atoms with Crippen LogP contribution in [-0.4, -0.2) is 41.2 Å². The number of fused-ring (bicyclic) bond motifs is 1. The standard InChI is InChI=1S/C29H40ClN3OSi/c1-20(2)35(21(3)4,22(5)6)33-16-14-25-27(26(30)17-31-29(25)33)28(34)24-13-10-15-32(19-24)18-23-11-8-7-9-12-23/h7-9,11-12,14,16-17,20-22,24H,10,13,15,18-19H2,1-6H3/t24-/m0/s1. The fraction of sp³-hybridized carbons (Fsp3) is 0.517. The van der Waals surface area contributed by atoms with E-state index in [0.717, 1.165) is 43.5 Å². The molecule has 1 fully saturated rings. The molecular formula is C29H40ClN3OSi. The van der Waals surface area contributed by atoms with Gasteiger partial charge in [-0.2, -0.15) is 0 Å². The number of ketones is 1. The number of aromatic nitrogens is 2. The van der Waals surface area contributed by atoms with Gasteiger partial charge in [-0.25, -0.2) is 4.98 Å². The summed E-state index contributed by atoms with van der Waals surface area (Å²) in [6.45, 7) is 16.8. The Labute approximate surface area is 216 Å². The number of hydrogen-bond donors (Lipinski definition) is 0. The van der Waals surface area contributed by atoms with E-state index < -0.39 is 8.24 Å². The molecule has 6 heteroatoms. The molecule has 0 unspecified atom stereocenters. The maximum atomic E-state index is 14.0. The van der Waals surface area contributed by atoms with Gasteiger partial charge in [0, 0.05) is 36.2 Å². The van der Waals surface area contributed by atoms with Crippen molar-refractivity contribution in [3.05, 3.63) is 64.9 Å². The fourth-order valence-corrected chi connectivity index (χ4v) is 13.7. The van der Waals surface area contributed by atoms with Gasteiger partial charge in [-0.15, -0.1) is 0 Å². The van der Waals surface area contributed by atoms with Gasteiger partial charge < -0.3 is 4.23 Å². The average molecular weight is 510 g/mol. The Hall–Kier alpha value is -1.95. The van der Waals surface area contributed by atoms with E-state index in [-0.39, 0.29) is 11.7 Å². The SMILES string of the molecule is CC(C)[Si](C(C)C)(C(C)C)n1ccc2c(C(=O)[C@H]3CCCN(Cc4ccccc4)C3)c(Cl)cnc21. The summed E-state index contributed by atoms with van der Waals surface area (Å²) in [5.41, 5.74) is 4.51. The molecule has 1 aliphatic heterocycles. The molecule has 0 radical (unpaired) electrons. The van der Waals surface area contributed by atoms with Gasteiger partial charge >= 0.3 is 0 Å². The number of rotatable bonds is 8. The Morgan fingerprint density at radius 3 is 2.34 bits per heavy atom. The molecule has 1 aromatic carbocycles. The van der Waals surface area contributed by atoms with Crippen LogP contribution in [0.1, 0.15) is 70.3 Å². The largest absolute Gasteiger partial charge is 0.359 e. The van der Waals surface area contributed by atoms with E-state index in [4.69, 9.17) is 16.6 Å². The molecule has 188 valence electrons. The van der Waals surface area contributed by atoms with Crippen molar-refractivity contribution in [1.82, 2.24) is 14.1 Å². The lowest BCUT2D eigenvalue weighted by atomic mass is 9.89. The zero-order chi connectivity index (χ0) is 25.3. The summed E-state index contributed by atoms with van der Waals surface area (Å²) in [4.78, 5) is 21.2. The van der Waals surface area contributed by atoms with Crippen molar-refractivity contribution in [2.24, 2.45) is 5.92 Å². The molecule has 0 saturated carbocycles. The summed E-state index contributed by atoms with van der Waals surface area (Å²) in [6.07, 6.45) is 5.84. The van der Waals surface area contributed by atoms with Crippen LogP contribution in [0.3, 0.4) is 0 Å². The van der Waals surface area contributed by atoms with E-state index in [0.29, 0.717) is 27.2 Å². The number of Topliss-reactive ketones (excluding diaryl/α,β-unsaturated/α-hetero) is 1. The summed E-state index contributed by atoms with van der Waals surface area (Å²) in [6, 6.07) is 12.6. The lowest BCUT2D eigenvalue weighted by molar-refractivity contribution is 0.0813. The molecular weight excluding hydrogens is 470 g/mol. The van der Waals surface area contributed by atoms with Crippen molar-refractivity contribution in [3.8, 4) is 0 Å². The predicted molar refractivity (Wildman–Crippen MR) is 150 cm³/mol. The number of pyridine rings is 1. The molecule has 1 aliphatic rings. The van der Waals surface area contributed by atoms with Crippen molar-refractivity contribution in [3.63, 3.8) is 0 Å². The Balaban J connectivity index is 1.70. The highest BCUT2D eigenvalue weighted by Gasteiger charge is 2.46. The van der Waals surface area contributed by atoms with Crippen LogP contribution in [0.25, 0.3) is 11.0 Å². The van der Waals surface area contributed by atoms with Gasteiger partial charge in [0.15, 0.2) is 14.0 Å². The van der Waals surface area contributed by atoms with E-state index in [1.54, 1.807) is 6.20 Å². The highest BCUT2D eigenvalue weighted by atomic mass is 35.5. The third-order valence-corrected chi connectivity index (χ3v) is 15.3. The van der Waals surface area contributed by atoms with Crippen LogP contribution in [0.15, 0.2) is 48.8 Å². The van der Waals surface area contributed by atoms with Crippen LogP contribution in [0.2, 0.25) is 21.6 Å². The minimum absolute atomic E-state index is 0.0405. The van der Waals surface area contributed by atoms with Crippen molar-refractivity contribution < 1.29 is 4.79 Å². The Bertz CT molecular complexity index is 1150. The van der Waals surface area contributed by atoms with Crippen LogP contribution >= 0.6 is 11.6 Å². The second kappa shape index (κ2) is 10.6. The maximum absolute atomic E-state index is 14.0. The van der Waals surface area contributed by atoms with Gasteiger partial charge in [0.2, 0.25) is 0 Å². The van der Waals surface area contributed by atoms with Gasteiger partial charge in [-0.3, -0.25) is 9.69 Å². The minimum Gasteiger partial charge on any atom is -0.359 e. The molecule has 0 aliphatic carbocycles. The second-order valence-corrected chi connectivity index (χ2v) is 17.3. The van der Waals surface area contributed by atoms with Crippen molar-refractivity contribution in [1.29, 1.82) is 0 Å². The first kappa shape index (κ1) is 26.1. The smallest absolute Gasteiger partial charge is 0.171 e. The Morgan fingerprint density at radius 1 is 1.06 bits per heavy atom. The van der Waals surface area contributed by atoms with Crippen LogP contribution in [0, 0.1) is 5.92 Å². The molecule has 0 amide bonds. The van der Waals surface area contributed by atoms with Crippen molar-refractivity contribution >= 4 is 36.7 Å². The lowest BCUT2D eigenvalue weighted by Crippen LogP contribution is -2.51. The Kier molecular flexibility index (Phi) is 7.89. The van der Waals surface area contributed by atoms with Crippen LogP contribution in [-0.2, 0) is 6.54 Å². The molecule has 3 heterocycles. The number of benzene rings is 1. The number of piperidine rings is 1. The van der Waals surface area contributed by atoms with E-state index in [1.807, 2.05) is 6.07 Å². The van der Waals surface area contributed by atoms with E-state index in [1.165, 1.54) is 5.56 Å². The van der Waals surface area contributed by atoms with Crippen LogP contribution in [0.5, 0.6) is 0 Å². The molecule has 0 bridgehead atoms. The maximum Gasteiger partial charge on any atom is 0.171 e. The topological polar surface area (TPSA) is 38.1 Å². The first-order chi connectivity index (χ1) is 16.7. The fourth-order valence-electron chi connectivity index (χ4n) is 6.92. The quantitative estimate of drug-likeness (QED) is 0.229. The lowest BCUT2D eigenvalue weighted by Gasteiger charge is -2.44. The molecule has 35 heavy (non-hydrogen) atoms. The third kappa shape index (κ3) is 4.75. The zero-order valence-corrected chi connectivity index (χ0v) is 23.8. The normalized spacial score (nSPS) is 17.7. The van der Waals surface area contributed by atoms with E-state index >= 15 is 0 Å². The number of nitrogens with zero attached hydrogens (tertiary/aromatic N) is 3. The van der Waals surface area contributed by atoms with Crippen molar-refractivity contribution in [2.45, 2.75) is 77.6 Å². The summed E-state index contributed by atoms with van der Waals surface area (Å²) >= 11 is 6.70. The summed E-state index contributed by atoms with van der Waals surface area (Å²) in [5, 5.41) is 1.40. The van der Waals surface area contributed by atoms with Gasteiger partial charge in [-0.1, -0.05) is 83.5 Å². The van der Waals surface area contributed by atoms with Crippen molar-refractivity contribution in [2.75, 3.05) is 13.1 Å². The number of carbonyl (C=O) groups excluding carboxylic acids is 1. The van der Waals surface area contributed by atoms with Gasteiger partial charge in [-0.05, 0) is 53.8 Å². The number of hydrogen-bond acceptors (Lipinski definition) is 3. The average Bonchev–Trinajstić information content (AvgIpc) is 3.23. The highest BCUT2D eigenvalue weighted by Crippen LogP contribution is 2.44. The molecule has 4 rings (SSSR count). The molecule has 1 saturated heterocycles. The molecule has 2 aromatic heterocycles.